The lowest BCUT2D eigenvalue weighted by molar-refractivity contribution is 0.770. The van der Waals surface area contributed by atoms with E-state index >= 15 is 0 Å². The van der Waals surface area contributed by atoms with Gasteiger partial charge in [0, 0.05) is 23.7 Å². The summed E-state index contributed by atoms with van der Waals surface area (Å²) in [6.45, 7) is 5.49. The van der Waals surface area contributed by atoms with Gasteiger partial charge in [-0.3, -0.25) is 4.57 Å². The molecular weight excluding hydrogens is 285 g/mol. The molecule has 0 fully saturated rings. The zero-order valence-electron chi connectivity index (χ0n) is 10.7. The number of hydrogen-bond acceptors (Lipinski definition) is 4. The zero-order chi connectivity index (χ0) is 14.0. The van der Waals surface area contributed by atoms with Crippen LogP contribution in [0.5, 0.6) is 0 Å². The molecule has 7 heteroatoms. The van der Waals surface area contributed by atoms with E-state index in [2.05, 4.69) is 15.5 Å². The third kappa shape index (κ3) is 2.62. The molecule has 0 unspecified atom stereocenters. The molecule has 102 valence electrons. The minimum Gasteiger partial charge on any atom is -0.397 e. The van der Waals surface area contributed by atoms with Gasteiger partial charge in [0.1, 0.15) is 0 Å². The number of nitrogens with one attached hydrogen (secondary N) is 1. The highest BCUT2D eigenvalue weighted by atomic mass is 35.5. The highest BCUT2D eigenvalue weighted by molar-refractivity contribution is 6.37. The smallest absolute Gasteiger partial charge is 0.224 e. The van der Waals surface area contributed by atoms with Crippen LogP contribution >= 0.6 is 23.2 Å². The average molecular weight is 300 g/mol. The summed E-state index contributed by atoms with van der Waals surface area (Å²) in [5.74, 6) is 1.36. The van der Waals surface area contributed by atoms with E-state index in [1.54, 1.807) is 12.1 Å². The Hall–Kier alpha value is -1.46. The summed E-state index contributed by atoms with van der Waals surface area (Å²) in [5.41, 5.74) is 7.14. The maximum absolute atomic E-state index is 6.05. The Kier molecular flexibility index (Phi) is 4.17. The molecule has 3 N–H and O–H groups in total. The van der Waals surface area contributed by atoms with Gasteiger partial charge in [0.25, 0.3) is 0 Å². The molecule has 0 bridgehead atoms. The first-order valence-electron chi connectivity index (χ1n) is 6.00. The molecule has 0 spiro atoms. The van der Waals surface area contributed by atoms with Crippen molar-refractivity contribution in [2.45, 2.75) is 20.4 Å². The number of benzene rings is 1. The van der Waals surface area contributed by atoms with Gasteiger partial charge >= 0.3 is 0 Å². The Morgan fingerprint density at radius 1 is 1.26 bits per heavy atom. The highest BCUT2D eigenvalue weighted by Crippen LogP contribution is 2.34. The Labute approximate surface area is 121 Å². The van der Waals surface area contributed by atoms with E-state index in [-0.39, 0.29) is 0 Å². The van der Waals surface area contributed by atoms with Crippen molar-refractivity contribution < 1.29 is 0 Å². The van der Waals surface area contributed by atoms with E-state index in [4.69, 9.17) is 28.9 Å². The maximum Gasteiger partial charge on any atom is 0.224 e. The summed E-state index contributed by atoms with van der Waals surface area (Å²) < 4.78 is 1.93. The Balaban J connectivity index is 2.59. The van der Waals surface area contributed by atoms with Crippen LogP contribution < -0.4 is 11.1 Å². The summed E-state index contributed by atoms with van der Waals surface area (Å²) in [6.07, 6.45) is 0. The molecule has 1 heterocycles. The second-order valence-corrected chi connectivity index (χ2v) is 4.81. The summed E-state index contributed by atoms with van der Waals surface area (Å²) in [7, 11) is 0. The van der Waals surface area contributed by atoms with Crippen LogP contribution in [0.3, 0.4) is 0 Å². The molecule has 2 rings (SSSR count). The number of hydrogen-bond donors (Lipinski definition) is 2. The fraction of sp³-hybridized carbons (Fsp3) is 0.333. The predicted octanol–water partition coefficient (Wildman–Crippen LogP) is 3.29. The average Bonchev–Trinajstić information content (AvgIpc) is 2.77. The van der Waals surface area contributed by atoms with Gasteiger partial charge in [-0.05, 0) is 26.0 Å². The largest absolute Gasteiger partial charge is 0.397 e. The number of nitrogen functional groups attached to an aromatic ring is 1. The number of nitrogens with two attached hydrogens (primary N) is 1. The molecule has 0 amide bonds. The summed E-state index contributed by atoms with van der Waals surface area (Å²) in [5, 5.41) is 12.4. The van der Waals surface area contributed by atoms with Crippen molar-refractivity contribution in [1.29, 1.82) is 0 Å². The molecule has 0 aliphatic rings. The lowest BCUT2D eigenvalue weighted by atomic mass is 10.1. The van der Waals surface area contributed by atoms with Crippen molar-refractivity contribution in [3.05, 3.63) is 22.2 Å². The van der Waals surface area contributed by atoms with Crippen LogP contribution in [0.2, 0.25) is 10.0 Å². The normalized spacial score (nSPS) is 10.7. The molecule has 0 saturated carbocycles. The minimum absolute atomic E-state index is 0.415. The van der Waals surface area contributed by atoms with Crippen LogP contribution in [-0.2, 0) is 6.54 Å². The van der Waals surface area contributed by atoms with Crippen molar-refractivity contribution >= 4 is 34.8 Å². The molecular formula is C12H15Cl2N5. The minimum atomic E-state index is 0.415. The quantitative estimate of drug-likeness (QED) is 0.850. The molecule has 2 aromatic rings. The summed E-state index contributed by atoms with van der Waals surface area (Å²) in [6, 6.07) is 3.36. The molecule has 0 aliphatic carbocycles. The van der Waals surface area contributed by atoms with Gasteiger partial charge in [-0.15, -0.1) is 10.2 Å². The molecule has 0 aliphatic heterocycles. The van der Waals surface area contributed by atoms with Crippen LogP contribution in [0, 0.1) is 0 Å². The number of anilines is 2. The van der Waals surface area contributed by atoms with E-state index in [9.17, 15) is 0 Å². The lowest BCUT2D eigenvalue weighted by Crippen LogP contribution is -2.07. The molecule has 0 saturated heterocycles. The standard InChI is InChI=1S/C12H15Cl2N5/c1-3-16-12-18-17-11(19(12)4-2)8-5-7(13)6-9(14)10(8)15/h5-6H,3-4,15H2,1-2H3,(H,16,18). The second kappa shape index (κ2) is 5.67. The second-order valence-electron chi connectivity index (χ2n) is 3.97. The van der Waals surface area contributed by atoms with Crippen molar-refractivity contribution in [3.63, 3.8) is 0 Å². The van der Waals surface area contributed by atoms with Gasteiger partial charge in [-0.2, -0.15) is 0 Å². The molecule has 1 aromatic heterocycles. The zero-order valence-corrected chi connectivity index (χ0v) is 12.3. The molecule has 0 radical (unpaired) electrons. The number of aromatic nitrogens is 3. The van der Waals surface area contributed by atoms with Crippen molar-refractivity contribution in [3.8, 4) is 11.4 Å². The molecule has 1 aromatic carbocycles. The van der Waals surface area contributed by atoms with Gasteiger partial charge in [0.2, 0.25) is 5.95 Å². The SMILES string of the molecule is CCNc1nnc(-c2cc(Cl)cc(Cl)c2N)n1CC. The first-order valence-corrected chi connectivity index (χ1v) is 6.76. The van der Waals surface area contributed by atoms with Gasteiger partial charge in [-0.25, -0.2) is 0 Å². The predicted molar refractivity (Wildman–Crippen MR) is 79.7 cm³/mol. The third-order valence-electron chi connectivity index (χ3n) is 2.74. The number of rotatable bonds is 4. The Morgan fingerprint density at radius 3 is 2.63 bits per heavy atom. The third-order valence-corrected chi connectivity index (χ3v) is 3.27. The molecule has 19 heavy (non-hydrogen) atoms. The fourth-order valence-electron chi connectivity index (χ4n) is 1.86. The van der Waals surface area contributed by atoms with Crippen LogP contribution in [-0.4, -0.2) is 21.3 Å². The molecule has 5 nitrogen and oxygen atoms in total. The van der Waals surface area contributed by atoms with Crippen molar-refractivity contribution in [2.75, 3.05) is 17.6 Å². The van der Waals surface area contributed by atoms with Crippen LogP contribution in [0.25, 0.3) is 11.4 Å². The van der Waals surface area contributed by atoms with E-state index in [0.29, 0.717) is 39.6 Å². The molecule has 0 atom stereocenters. The summed E-state index contributed by atoms with van der Waals surface area (Å²) >= 11 is 12.1. The van der Waals surface area contributed by atoms with Crippen LogP contribution in [0.15, 0.2) is 12.1 Å². The number of nitrogens with zero attached hydrogens (tertiary/aromatic N) is 3. The number of halogens is 2. The van der Waals surface area contributed by atoms with Gasteiger partial charge in [0.15, 0.2) is 5.82 Å². The van der Waals surface area contributed by atoms with Gasteiger partial charge in [0.05, 0.1) is 10.7 Å². The fourth-order valence-corrected chi connectivity index (χ4v) is 2.35. The van der Waals surface area contributed by atoms with Gasteiger partial charge < -0.3 is 11.1 Å². The first-order chi connectivity index (χ1) is 9.08. The monoisotopic (exact) mass is 299 g/mol. The Morgan fingerprint density at radius 2 is 2.00 bits per heavy atom. The van der Waals surface area contributed by atoms with E-state index in [1.165, 1.54) is 0 Å². The van der Waals surface area contributed by atoms with E-state index < -0.39 is 0 Å². The van der Waals surface area contributed by atoms with Crippen LogP contribution in [0.4, 0.5) is 11.6 Å². The lowest BCUT2D eigenvalue weighted by Gasteiger charge is -2.11. The van der Waals surface area contributed by atoms with E-state index in [1.807, 2.05) is 18.4 Å². The first kappa shape index (κ1) is 14.0. The maximum atomic E-state index is 6.05. The highest BCUT2D eigenvalue weighted by Gasteiger charge is 2.16. The van der Waals surface area contributed by atoms with Crippen LogP contribution in [0.1, 0.15) is 13.8 Å². The van der Waals surface area contributed by atoms with Crippen molar-refractivity contribution in [2.24, 2.45) is 0 Å². The van der Waals surface area contributed by atoms with E-state index in [0.717, 1.165) is 6.54 Å². The topological polar surface area (TPSA) is 68.8 Å². The Bertz CT molecular complexity index is 594. The van der Waals surface area contributed by atoms with Gasteiger partial charge in [-0.1, -0.05) is 23.2 Å². The van der Waals surface area contributed by atoms with Crippen molar-refractivity contribution in [1.82, 2.24) is 14.8 Å². The summed E-state index contributed by atoms with van der Waals surface area (Å²) in [4.78, 5) is 0.